The molecule has 1 radical (unpaired) electrons. The minimum Gasteiger partial charge on any atom is -0.330 e. The lowest BCUT2D eigenvalue weighted by Crippen LogP contribution is -2.41. The maximum absolute atomic E-state index is 12.5. The molecule has 0 saturated carbocycles. The van der Waals surface area contributed by atoms with Gasteiger partial charge in [-0.2, -0.15) is 0 Å². The molecule has 2 aliphatic rings. The van der Waals surface area contributed by atoms with E-state index in [0.29, 0.717) is 22.6 Å². The first-order valence-electron chi connectivity index (χ1n) is 8.72. The summed E-state index contributed by atoms with van der Waals surface area (Å²) in [6, 6.07) is 12.8. The van der Waals surface area contributed by atoms with Gasteiger partial charge in [-0.1, -0.05) is 24.3 Å². The fraction of sp³-hybridized carbons (Fsp3) is 0.200. The van der Waals surface area contributed by atoms with Crippen molar-refractivity contribution < 1.29 is 14.4 Å². The highest BCUT2D eigenvalue weighted by Gasteiger charge is 2.59. The number of imidazole rings is 1. The molecule has 139 valence electrons. The number of aryl methyl sites for hydroxylation is 1. The van der Waals surface area contributed by atoms with Gasteiger partial charge in [0.1, 0.15) is 11.2 Å². The van der Waals surface area contributed by atoms with E-state index in [4.69, 9.17) is 11.6 Å². The van der Waals surface area contributed by atoms with Gasteiger partial charge in [0, 0.05) is 12.6 Å². The van der Waals surface area contributed by atoms with Gasteiger partial charge >= 0.3 is 0 Å². The third-order valence-electron chi connectivity index (χ3n) is 5.47. The number of halogens is 1. The van der Waals surface area contributed by atoms with E-state index in [2.05, 4.69) is 15.6 Å². The highest BCUT2D eigenvalue weighted by atomic mass is 35.5. The van der Waals surface area contributed by atoms with Crippen molar-refractivity contribution in [1.29, 1.82) is 0 Å². The summed E-state index contributed by atoms with van der Waals surface area (Å²) in [6.45, 7) is 0. The first kappa shape index (κ1) is 16.9. The highest BCUT2D eigenvalue weighted by Crippen LogP contribution is 2.45. The number of rotatable bonds is 2. The monoisotopic (exact) mass is 393 g/mol. The van der Waals surface area contributed by atoms with E-state index in [0.717, 1.165) is 11.0 Å². The van der Waals surface area contributed by atoms with Gasteiger partial charge in [0.15, 0.2) is 5.41 Å². The average molecular weight is 394 g/mol. The topological polar surface area (TPSA) is 95.2 Å². The van der Waals surface area contributed by atoms with Crippen LogP contribution in [0.2, 0.25) is 0 Å². The molecule has 2 aliphatic heterocycles. The van der Waals surface area contributed by atoms with Crippen LogP contribution >= 0.6 is 11.6 Å². The van der Waals surface area contributed by atoms with Gasteiger partial charge in [0.25, 0.3) is 5.91 Å². The van der Waals surface area contributed by atoms with Crippen LogP contribution in [0, 0.1) is 0 Å². The van der Waals surface area contributed by atoms with Crippen LogP contribution in [0.25, 0.3) is 11.0 Å². The van der Waals surface area contributed by atoms with E-state index >= 15 is 0 Å². The van der Waals surface area contributed by atoms with Gasteiger partial charge in [-0.3, -0.25) is 19.7 Å². The summed E-state index contributed by atoms with van der Waals surface area (Å²) in [5.41, 5.74) is 1.69. The van der Waals surface area contributed by atoms with Gasteiger partial charge in [-0.05, 0) is 23.8 Å². The number of para-hydroxylation sites is 2. The molecule has 1 saturated heterocycles. The van der Waals surface area contributed by atoms with Crippen molar-refractivity contribution >= 4 is 46.0 Å². The van der Waals surface area contributed by atoms with Crippen LogP contribution in [0.4, 0.5) is 5.69 Å². The SMILES string of the molecule is Cn1c(C(Cl)c2ccc3c(c2)C2(CC(=O)NC2=O)C(=O)[N]3)nc2ccccc21. The molecule has 3 amide bonds. The number of carbonyl (C=O) groups excluding carboxylic acids is 3. The summed E-state index contributed by atoms with van der Waals surface area (Å²) in [6.07, 6.45) is -0.232. The molecule has 2 atom stereocenters. The standard InChI is InChI=1S/C20H14ClN4O3/c1-25-14-5-3-2-4-13(14)22-17(25)16(21)10-6-7-12-11(8-10)20(18(27)23-12)9-15(26)24-19(20)28/h2-8,16H,9H2,1H3,(H,24,26,28). The first-order chi connectivity index (χ1) is 13.4. The molecule has 1 N–H and O–H groups in total. The van der Waals surface area contributed by atoms with E-state index in [9.17, 15) is 14.4 Å². The molecule has 3 heterocycles. The minimum atomic E-state index is -1.58. The summed E-state index contributed by atoms with van der Waals surface area (Å²) >= 11 is 6.74. The second kappa shape index (κ2) is 5.65. The summed E-state index contributed by atoms with van der Waals surface area (Å²) in [5.74, 6) is -1.08. The Morgan fingerprint density at radius 3 is 2.68 bits per heavy atom. The van der Waals surface area contributed by atoms with E-state index in [1.54, 1.807) is 18.2 Å². The lowest BCUT2D eigenvalue weighted by atomic mass is 9.79. The van der Waals surface area contributed by atoms with Crippen LogP contribution in [0.5, 0.6) is 0 Å². The predicted octanol–water partition coefficient (Wildman–Crippen LogP) is 1.96. The number of nitrogens with one attached hydrogen (secondary N) is 1. The van der Waals surface area contributed by atoms with Gasteiger partial charge < -0.3 is 4.57 Å². The number of imide groups is 1. The van der Waals surface area contributed by atoms with Gasteiger partial charge in [-0.25, -0.2) is 10.3 Å². The Morgan fingerprint density at radius 2 is 1.96 bits per heavy atom. The molecule has 2 unspecified atom stereocenters. The lowest BCUT2D eigenvalue weighted by Gasteiger charge is -2.18. The fourth-order valence-electron chi connectivity index (χ4n) is 4.00. The summed E-state index contributed by atoms with van der Waals surface area (Å²) < 4.78 is 1.91. The zero-order valence-electron chi connectivity index (χ0n) is 14.8. The molecule has 1 fully saturated rings. The Kier molecular flexibility index (Phi) is 3.42. The molecule has 0 aliphatic carbocycles. The van der Waals surface area contributed by atoms with Gasteiger partial charge in [0.2, 0.25) is 11.8 Å². The average Bonchev–Trinajstić information content (AvgIpc) is 3.28. The number of fused-ring (bicyclic) bond motifs is 3. The number of alkyl halides is 1. The summed E-state index contributed by atoms with van der Waals surface area (Å²) in [4.78, 5) is 41.4. The maximum Gasteiger partial charge on any atom is 0.267 e. The molecule has 7 nitrogen and oxygen atoms in total. The van der Waals surface area contributed by atoms with Crippen molar-refractivity contribution in [3.8, 4) is 0 Å². The smallest absolute Gasteiger partial charge is 0.267 e. The molecule has 1 aromatic heterocycles. The predicted molar refractivity (Wildman–Crippen MR) is 101 cm³/mol. The Labute approximate surface area is 164 Å². The number of carbonyl (C=O) groups is 3. The Morgan fingerprint density at radius 1 is 1.18 bits per heavy atom. The van der Waals surface area contributed by atoms with Crippen LogP contribution in [-0.2, 0) is 26.8 Å². The molecule has 0 bridgehead atoms. The maximum atomic E-state index is 12.5. The molecule has 8 heteroatoms. The van der Waals surface area contributed by atoms with E-state index in [1.165, 1.54) is 0 Å². The van der Waals surface area contributed by atoms with Crippen molar-refractivity contribution in [2.75, 3.05) is 0 Å². The van der Waals surface area contributed by atoms with E-state index in [1.807, 2.05) is 35.9 Å². The van der Waals surface area contributed by atoms with Crippen LogP contribution < -0.4 is 10.6 Å². The van der Waals surface area contributed by atoms with Crippen molar-refractivity contribution in [3.63, 3.8) is 0 Å². The quantitative estimate of drug-likeness (QED) is 0.409. The minimum absolute atomic E-state index is 0.232. The van der Waals surface area contributed by atoms with Gasteiger partial charge in [0.05, 0.1) is 23.1 Å². The third kappa shape index (κ3) is 2.10. The zero-order valence-corrected chi connectivity index (χ0v) is 15.5. The molecule has 1 spiro atoms. The number of aromatic nitrogens is 2. The highest BCUT2D eigenvalue weighted by molar-refractivity contribution is 6.25. The Hall–Kier alpha value is -3.19. The molecular weight excluding hydrogens is 380 g/mol. The Balaban J connectivity index is 1.62. The van der Waals surface area contributed by atoms with E-state index < -0.39 is 28.5 Å². The number of benzene rings is 2. The fourth-order valence-corrected chi connectivity index (χ4v) is 4.33. The van der Waals surface area contributed by atoms with Crippen molar-refractivity contribution in [2.45, 2.75) is 17.2 Å². The van der Waals surface area contributed by atoms with Crippen LogP contribution in [0.3, 0.4) is 0 Å². The van der Waals surface area contributed by atoms with Crippen molar-refractivity contribution in [2.24, 2.45) is 7.05 Å². The molecular formula is C20H14ClN4O3. The number of hydrogen-bond acceptors (Lipinski definition) is 4. The summed E-state index contributed by atoms with van der Waals surface area (Å²) in [7, 11) is 1.89. The normalized spacial score (nSPS) is 21.9. The van der Waals surface area contributed by atoms with Crippen LogP contribution in [0.1, 0.15) is 28.7 Å². The molecule has 5 rings (SSSR count). The van der Waals surface area contributed by atoms with Crippen molar-refractivity contribution in [1.82, 2.24) is 20.2 Å². The van der Waals surface area contributed by atoms with Crippen LogP contribution in [-0.4, -0.2) is 27.3 Å². The third-order valence-corrected chi connectivity index (χ3v) is 5.92. The molecule has 2 aromatic carbocycles. The number of amides is 3. The second-order valence-corrected chi connectivity index (χ2v) is 7.47. The van der Waals surface area contributed by atoms with Crippen LogP contribution in [0.15, 0.2) is 42.5 Å². The Bertz CT molecular complexity index is 1200. The lowest BCUT2D eigenvalue weighted by molar-refractivity contribution is -0.133. The van der Waals surface area contributed by atoms with E-state index in [-0.39, 0.29) is 6.42 Å². The second-order valence-electron chi connectivity index (χ2n) is 7.03. The van der Waals surface area contributed by atoms with Gasteiger partial charge in [-0.15, -0.1) is 11.6 Å². The largest absolute Gasteiger partial charge is 0.330 e. The van der Waals surface area contributed by atoms with Crippen molar-refractivity contribution in [3.05, 3.63) is 59.4 Å². The molecule has 3 aromatic rings. The molecule has 28 heavy (non-hydrogen) atoms. The number of nitrogens with zero attached hydrogens (tertiary/aromatic N) is 3. The summed E-state index contributed by atoms with van der Waals surface area (Å²) in [5, 5.41) is 5.60. The zero-order chi connectivity index (χ0) is 19.6. The first-order valence-corrected chi connectivity index (χ1v) is 9.16. The number of hydrogen-bond donors (Lipinski definition) is 1.